The highest BCUT2D eigenvalue weighted by Gasteiger charge is 2.29. The smallest absolute Gasteiger partial charge is 0.287 e. The summed E-state index contributed by atoms with van der Waals surface area (Å²) in [6.07, 6.45) is 0. The molecule has 6 heteroatoms. The number of nitrogens with two attached hydrogens (primary N) is 1. The van der Waals surface area contributed by atoms with Crippen LogP contribution in [0.5, 0.6) is 0 Å². The zero-order valence-corrected chi connectivity index (χ0v) is 14.1. The van der Waals surface area contributed by atoms with E-state index in [4.69, 9.17) is 5.73 Å². The Morgan fingerprint density at radius 3 is 2.48 bits per heavy atom. The molecule has 0 aromatic heterocycles. The Hall–Kier alpha value is -2.34. The van der Waals surface area contributed by atoms with E-state index in [2.05, 4.69) is 35.7 Å². The highest BCUT2D eigenvalue weighted by atomic mass is 32.2. The molecule has 0 radical (unpaired) electrons. The number of hydrogen-bond donors (Lipinski definition) is 2. The molecule has 3 rings (SSSR count). The fourth-order valence-electron chi connectivity index (χ4n) is 3.16. The van der Waals surface area contributed by atoms with Gasteiger partial charge in [-0.2, -0.15) is 8.42 Å². The summed E-state index contributed by atoms with van der Waals surface area (Å²) in [6, 6.07) is 11.5. The van der Waals surface area contributed by atoms with E-state index < -0.39 is 10.0 Å². The summed E-state index contributed by atoms with van der Waals surface area (Å²) >= 11 is 0. The second-order valence-corrected chi connectivity index (χ2v) is 7.40. The van der Waals surface area contributed by atoms with E-state index in [0.717, 1.165) is 22.3 Å². The predicted molar refractivity (Wildman–Crippen MR) is 92.3 cm³/mol. The van der Waals surface area contributed by atoms with Crippen LogP contribution >= 0.6 is 0 Å². The predicted octanol–water partition coefficient (Wildman–Crippen LogP) is 2.88. The van der Waals surface area contributed by atoms with Gasteiger partial charge in [0.2, 0.25) is 5.96 Å². The van der Waals surface area contributed by atoms with Crippen molar-refractivity contribution in [1.82, 2.24) is 0 Å². The summed E-state index contributed by atoms with van der Waals surface area (Å²) in [6.45, 7) is 6.10. The molecule has 2 aromatic rings. The molecule has 3 N–H and O–H groups in total. The largest absolute Gasteiger partial charge is 0.369 e. The van der Waals surface area contributed by atoms with E-state index in [-0.39, 0.29) is 16.8 Å². The van der Waals surface area contributed by atoms with Crippen molar-refractivity contribution < 1.29 is 8.42 Å². The number of fused-ring (bicyclic) bond motifs is 1. The second kappa shape index (κ2) is 5.38. The van der Waals surface area contributed by atoms with E-state index in [1.54, 1.807) is 6.07 Å². The molecule has 1 aliphatic rings. The van der Waals surface area contributed by atoms with E-state index in [1.807, 2.05) is 25.1 Å². The molecule has 0 fully saturated rings. The first-order valence-electron chi connectivity index (χ1n) is 7.38. The van der Waals surface area contributed by atoms with Crippen molar-refractivity contribution in [3.8, 4) is 0 Å². The molecule has 0 saturated heterocycles. The summed E-state index contributed by atoms with van der Waals surface area (Å²) in [5, 5.41) is 2.94. The van der Waals surface area contributed by atoms with Crippen molar-refractivity contribution in [3.05, 3.63) is 58.7 Å². The minimum Gasteiger partial charge on any atom is -0.369 e. The molecule has 1 atom stereocenters. The second-order valence-electron chi connectivity index (χ2n) is 5.82. The van der Waals surface area contributed by atoms with E-state index in [9.17, 15) is 8.42 Å². The topological polar surface area (TPSA) is 84.5 Å². The fraction of sp³-hybridized carbons (Fsp3) is 0.235. The number of aryl methyl sites for hydroxylation is 2. The summed E-state index contributed by atoms with van der Waals surface area (Å²) in [5.74, 6) is -0.0684. The molecule has 0 aliphatic carbocycles. The molecule has 5 nitrogen and oxygen atoms in total. The van der Waals surface area contributed by atoms with Crippen LogP contribution in [-0.2, 0) is 10.0 Å². The van der Waals surface area contributed by atoms with E-state index in [0.29, 0.717) is 5.69 Å². The molecule has 2 aromatic carbocycles. The zero-order chi connectivity index (χ0) is 16.8. The number of hydrogen-bond acceptors (Lipinski definition) is 4. The number of nitrogens with zero attached hydrogens (tertiary/aromatic N) is 1. The van der Waals surface area contributed by atoms with Crippen molar-refractivity contribution in [2.75, 3.05) is 5.32 Å². The maximum atomic E-state index is 12.3. The SMILES string of the molecule is Cc1ccccc1[C@H](C)c1c(C)ccc2c1NC(N)=NS2(=O)=O. The van der Waals surface area contributed by atoms with Crippen LogP contribution in [0.4, 0.5) is 5.69 Å². The van der Waals surface area contributed by atoms with Crippen LogP contribution in [0.15, 0.2) is 45.7 Å². The Labute approximate surface area is 136 Å². The zero-order valence-electron chi connectivity index (χ0n) is 13.3. The van der Waals surface area contributed by atoms with Gasteiger partial charge in [-0.15, -0.1) is 4.40 Å². The molecule has 1 aliphatic heterocycles. The number of benzene rings is 2. The van der Waals surface area contributed by atoms with Gasteiger partial charge in [0.25, 0.3) is 10.0 Å². The van der Waals surface area contributed by atoms with Gasteiger partial charge < -0.3 is 11.1 Å². The molecule has 0 spiro atoms. The molecule has 0 amide bonds. The molecular weight excluding hydrogens is 310 g/mol. The lowest BCUT2D eigenvalue weighted by Crippen LogP contribution is -2.30. The molecule has 0 saturated carbocycles. The quantitative estimate of drug-likeness (QED) is 0.887. The van der Waals surface area contributed by atoms with Gasteiger partial charge in [-0.25, -0.2) is 0 Å². The van der Waals surface area contributed by atoms with Crippen LogP contribution in [0.25, 0.3) is 0 Å². The lowest BCUT2D eigenvalue weighted by molar-refractivity contribution is 0.597. The van der Waals surface area contributed by atoms with Gasteiger partial charge in [0.05, 0.1) is 5.69 Å². The molecular formula is C17H19N3O2S. The molecule has 120 valence electrons. The minimum absolute atomic E-state index is 0.0275. The maximum Gasteiger partial charge on any atom is 0.287 e. The van der Waals surface area contributed by atoms with Gasteiger partial charge in [-0.05, 0) is 42.2 Å². The monoisotopic (exact) mass is 329 g/mol. The highest BCUT2D eigenvalue weighted by Crippen LogP contribution is 2.39. The Morgan fingerprint density at radius 1 is 1.09 bits per heavy atom. The lowest BCUT2D eigenvalue weighted by Gasteiger charge is -2.25. The van der Waals surface area contributed by atoms with Crippen molar-refractivity contribution in [3.63, 3.8) is 0 Å². The molecule has 0 unspecified atom stereocenters. The molecule has 0 bridgehead atoms. The van der Waals surface area contributed by atoms with Crippen molar-refractivity contribution in [2.24, 2.45) is 10.1 Å². The summed E-state index contributed by atoms with van der Waals surface area (Å²) in [5.41, 5.74) is 10.5. The maximum absolute atomic E-state index is 12.3. The first-order chi connectivity index (χ1) is 10.8. The van der Waals surface area contributed by atoms with Gasteiger partial charge in [-0.1, -0.05) is 37.3 Å². The fourth-order valence-corrected chi connectivity index (χ4v) is 4.23. The lowest BCUT2D eigenvalue weighted by atomic mass is 9.86. The summed E-state index contributed by atoms with van der Waals surface area (Å²) < 4.78 is 28.1. The first kappa shape index (κ1) is 15.6. The van der Waals surface area contributed by atoms with E-state index in [1.165, 1.54) is 0 Å². The van der Waals surface area contributed by atoms with Gasteiger partial charge >= 0.3 is 0 Å². The summed E-state index contributed by atoms with van der Waals surface area (Å²) in [7, 11) is -3.76. The average Bonchev–Trinajstić information content (AvgIpc) is 2.45. The van der Waals surface area contributed by atoms with Gasteiger partial charge in [0, 0.05) is 5.92 Å². The van der Waals surface area contributed by atoms with Crippen LogP contribution in [-0.4, -0.2) is 14.4 Å². The Balaban J connectivity index is 2.25. The number of rotatable bonds is 2. The number of anilines is 1. The Morgan fingerprint density at radius 2 is 1.78 bits per heavy atom. The average molecular weight is 329 g/mol. The van der Waals surface area contributed by atoms with Crippen LogP contribution in [0.3, 0.4) is 0 Å². The van der Waals surface area contributed by atoms with E-state index >= 15 is 0 Å². The molecule has 23 heavy (non-hydrogen) atoms. The number of guanidine groups is 1. The van der Waals surface area contributed by atoms with Crippen molar-refractivity contribution >= 4 is 21.7 Å². The van der Waals surface area contributed by atoms with Crippen molar-refractivity contribution in [1.29, 1.82) is 0 Å². The van der Waals surface area contributed by atoms with Crippen LogP contribution in [0.1, 0.15) is 35.1 Å². The first-order valence-corrected chi connectivity index (χ1v) is 8.82. The minimum atomic E-state index is -3.76. The normalized spacial score (nSPS) is 16.9. The standard InChI is InChI=1S/C17H19N3O2S/c1-10-6-4-5-7-13(10)12(3)15-11(2)8-9-14-16(15)19-17(18)20-23(14,21)22/h4-9,12H,1-3H3,(H3,18,19,20)/t12-/m0/s1. The van der Waals surface area contributed by atoms with Crippen LogP contribution < -0.4 is 11.1 Å². The van der Waals surface area contributed by atoms with Crippen LogP contribution in [0, 0.1) is 13.8 Å². The van der Waals surface area contributed by atoms with Gasteiger partial charge in [0.1, 0.15) is 4.90 Å². The third-order valence-electron chi connectivity index (χ3n) is 4.26. The Kier molecular flexibility index (Phi) is 3.64. The number of nitrogens with one attached hydrogen (secondary N) is 1. The third kappa shape index (κ3) is 2.59. The molecule has 1 heterocycles. The highest BCUT2D eigenvalue weighted by molar-refractivity contribution is 7.90. The van der Waals surface area contributed by atoms with Gasteiger partial charge in [0.15, 0.2) is 0 Å². The summed E-state index contributed by atoms with van der Waals surface area (Å²) in [4.78, 5) is 0.174. The third-order valence-corrected chi connectivity index (χ3v) is 5.60. The Bertz CT molecular complexity index is 917. The van der Waals surface area contributed by atoms with Gasteiger partial charge in [-0.3, -0.25) is 0 Å². The number of sulfonamides is 1. The van der Waals surface area contributed by atoms with Crippen LogP contribution in [0.2, 0.25) is 0 Å². The van der Waals surface area contributed by atoms with Crippen molar-refractivity contribution in [2.45, 2.75) is 31.6 Å².